The first kappa shape index (κ1) is 34.3. The van der Waals surface area contributed by atoms with Crippen molar-refractivity contribution in [2.45, 2.75) is 57.2 Å². The Labute approximate surface area is 293 Å². The molecule has 49 heavy (non-hydrogen) atoms. The Kier molecular flexibility index (Phi) is 10.7. The number of methoxy groups -OCH3 is 1. The molecule has 2 bridgehead atoms. The molecule has 3 unspecified atom stereocenters. The minimum absolute atomic E-state index is 0.0721. The van der Waals surface area contributed by atoms with Crippen LogP contribution >= 0.6 is 24.0 Å². The van der Waals surface area contributed by atoms with Crippen LogP contribution in [0.2, 0.25) is 0 Å². The van der Waals surface area contributed by atoms with Crippen molar-refractivity contribution in [3.8, 4) is 22.8 Å². The molecule has 2 aliphatic carbocycles. The molecule has 1 aliphatic heterocycles. The molecule has 2 aromatic carbocycles. The van der Waals surface area contributed by atoms with Crippen molar-refractivity contribution in [2.75, 3.05) is 13.7 Å². The predicted octanol–water partition coefficient (Wildman–Crippen LogP) is 5.82. The number of carbonyl (C=O) groups is 4. The molecule has 3 fully saturated rings. The van der Waals surface area contributed by atoms with Crippen molar-refractivity contribution in [3.05, 3.63) is 76.9 Å². The number of carboxylic acid groups (broad SMARTS) is 1. The summed E-state index contributed by atoms with van der Waals surface area (Å²) in [6.45, 7) is -0.432. The second-order valence-corrected chi connectivity index (χ2v) is 14.0. The van der Waals surface area contributed by atoms with E-state index in [-0.39, 0.29) is 37.1 Å². The van der Waals surface area contributed by atoms with Crippen LogP contribution < -0.4 is 14.8 Å². The van der Waals surface area contributed by atoms with Crippen molar-refractivity contribution < 1.29 is 42.9 Å². The van der Waals surface area contributed by atoms with Gasteiger partial charge < -0.3 is 29.1 Å². The zero-order valence-electron chi connectivity index (χ0n) is 26.8. The van der Waals surface area contributed by atoms with E-state index < -0.39 is 30.5 Å². The van der Waals surface area contributed by atoms with E-state index in [1.54, 1.807) is 36.4 Å². The molecule has 1 aromatic heterocycles. The van der Waals surface area contributed by atoms with Gasteiger partial charge in [-0.3, -0.25) is 19.3 Å². The topological polar surface area (TPSA) is 145 Å². The minimum atomic E-state index is -1.32. The van der Waals surface area contributed by atoms with Crippen molar-refractivity contribution >= 4 is 58.1 Å². The SMILES string of the molecule is COc1ccc(-c2ccc(/C=C3\SC(=S)N(C4CC5CCC4C5)C3=O)o2)cc1OCC(=O)N[C@@H](CCC(=O)OCc1ccccc1)C(=O)O. The molecule has 256 valence electrons. The van der Waals surface area contributed by atoms with Gasteiger partial charge in [0, 0.05) is 24.1 Å². The number of fused-ring (bicyclic) bond motifs is 2. The molecule has 6 rings (SSSR count). The molecule has 4 atom stereocenters. The number of thioether (sulfide) groups is 1. The van der Waals surface area contributed by atoms with E-state index in [1.807, 2.05) is 35.2 Å². The Morgan fingerprint density at radius 3 is 2.63 bits per heavy atom. The monoisotopic (exact) mass is 704 g/mol. The van der Waals surface area contributed by atoms with Gasteiger partial charge in [-0.2, -0.15) is 0 Å². The first-order chi connectivity index (χ1) is 23.7. The first-order valence-corrected chi connectivity index (χ1v) is 17.3. The van der Waals surface area contributed by atoms with Crippen molar-refractivity contribution in [1.82, 2.24) is 10.2 Å². The first-order valence-electron chi connectivity index (χ1n) is 16.1. The lowest BCUT2D eigenvalue weighted by Crippen LogP contribution is -2.43. The van der Waals surface area contributed by atoms with Gasteiger partial charge in [0.1, 0.15) is 28.5 Å². The van der Waals surface area contributed by atoms with Gasteiger partial charge in [-0.05, 0) is 73.4 Å². The van der Waals surface area contributed by atoms with Crippen LogP contribution in [-0.4, -0.2) is 63.9 Å². The number of hydrogen-bond acceptors (Lipinski definition) is 10. The molecule has 2 N–H and O–H groups in total. The molecule has 11 nitrogen and oxygen atoms in total. The zero-order valence-corrected chi connectivity index (χ0v) is 28.4. The maximum absolute atomic E-state index is 13.3. The van der Waals surface area contributed by atoms with Crippen LogP contribution in [-0.2, 0) is 30.5 Å². The van der Waals surface area contributed by atoms with Crippen molar-refractivity contribution in [2.24, 2.45) is 11.8 Å². The summed E-state index contributed by atoms with van der Waals surface area (Å²) in [6.07, 6.45) is 5.96. The summed E-state index contributed by atoms with van der Waals surface area (Å²) in [5.41, 5.74) is 1.44. The largest absolute Gasteiger partial charge is 0.493 e. The highest BCUT2D eigenvalue weighted by Crippen LogP contribution is 2.49. The Morgan fingerprint density at radius 1 is 1.10 bits per heavy atom. The number of aliphatic carboxylic acids is 1. The molecule has 0 spiro atoms. The van der Waals surface area contributed by atoms with Crippen LogP contribution in [0.5, 0.6) is 11.5 Å². The number of ether oxygens (including phenoxy) is 3. The highest BCUT2D eigenvalue weighted by Gasteiger charge is 2.48. The number of hydrogen-bond donors (Lipinski definition) is 2. The molecule has 2 saturated carbocycles. The molecular weight excluding hydrogens is 669 g/mol. The summed E-state index contributed by atoms with van der Waals surface area (Å²) in [6, 6.07) is 16.6. The maximum atomic E-state index is 13.3. The smallest absolute Gasteiger partial charge is 0.326 e. The number of nitrogens with one attached hydrogen (secondary N) is 1. The lowest BCUT2D eigenvalue weighted by molar-refractivity contribution is -0.146. The van der Waals surface area contributed by atoms with E-state index in [0.29, 0.717) is 43.9 Å². The van der Waals surface area contributed by atoms with Crippen LogP contribution in [0, 0.1) is 11.8 Å². The highest BCUT2D eigenvalue weighted by atomic mass is 32.2. The number of esters is 1. The Balaban J connectivity index is 1.04. The Bertz CT molecular complexity index is 1770. The van der Waals surface area contributed by atoms with Gasteiger partial charge in [0.15, 0.2) is 18.1 Å². The molecule has 3 aliphatic rings. The highest BCUT2D eigenvalue weighted by molar-refractivity contribution is 8.26. The van der Waals surface area contributed by atoms with E-state index in [1.165, 1.54) is 31.7 Å². The molecule has 2 amide bonds. The average Bonchev–Trinajstić information content (AvgIpc) is 3.90. The lowest BCUT2D eigenvalue weighted by atomic mass is 9.94. The molecule has 1 saturated heterocycles. The summed E-state index contributed by atoms with van der Waals surface area (Å²) in [4.78, 5) is 52.3. The van der Waals surface area contributed by atoms with Gasteiger partial charge in [-0.15, -0.1) is 0 Å². The summed E-state index contributed by atoms with van der Waals surface area (Å²) < 4.78 is 23.0. The molecule has 13 heteroatoms. The van der Waals surface area contributed by atoms with Gasteiger partial charge in [-0.25, -0.2) is 4.79 Å². The van der Waals surface area contributed by atoms with Crippen molar-refractivity contribution in [3.63, 3.8) is 0 Å². The summed E-state index contributed by atoms with van der Waals surface area (Å²) >= 11 is 6.90. The van der Waals surface area contributed by atoms with Gasteiger partial charge in [0.2, 0.25) is 0 Å². The molecule has 3 aromatic rings. The zero-order chi connectivity index (χ0) is 34.5. The molecule has 0 radical (unpaired) electrons. The van der Waals surface area contributed by atoms with Crippen molar-refractivity contribution in [1.29, 1.82) is 0 Å². The quantitative estimate of drug-likeness (QED) is 0.119. The fourth-order valence-electron chi connectivity index (χ4n) is 6.66. The van der Waals surface area contributed by atoms with Gasteiger partial charge >= 0.3 is 11.9 Å². The van der Waals surface area contributed by atoms with Gasteiger partial charge in [0.25, 0.3) is 11.8 Å². The fraction of sp³-hybridized carbons (Fsp3) is 0.361. The third-order valence-corrected chi connectivity index (χ3v) is 10.4. The number of rotatable bonds is 14. The third kappa shape index (κ3) is 8.16. The normalized spacial score (nSPS) is 21.2. The Hall–Kier alpha value is -4.62. The standard InChI is InChI=1S/C36H36N2O9S2/c1-44-29-12-9-24(28-13-10-25(47-28)18-31-34(41)38(36(48)49-31)27-16-22-7-8-23(27)15-22)17-30(29)45-20-32(39)37-26(35(42)43)11-14-33(40)46-19-21-5-3-2-4-6-21/h2-6,9-10,12-13,17-18,22-23,26-27H,7-8,11,14-16,19-20H2,1H3,(H,37,39)(H,42,43)/b31-18-/t22?,23?,26-,27?/m0/s1. The van der Waals surface area contributed by atoms with Crippen LogP contribution in [0.1, 0.15) is 49.8 Å². The fourth-order valence-corrected chi connectivity index (χ4v) is 8.01. The third-order valence-electron chi connectivity index (χ3n) is 9.08. The number of thiocarbonyl (C=S) groups is 1. The van der Waals surface area contributed by atoms with E-state index >= 15 is 0 Å². The number of carboxylic acids is 1. The summed E-state index contributed by atoms with van der Waals surface area (Å²) in [5.74, 6) is 0.163. The minimum Gasteiger partial charge on any atom is -0.493 e. The molecular formula is C36H36N2O9S2. The van der Waals surface area contributed by atoms with Crippen LogP contribution in [0.4, 0.5) is 0 Å². The predicted molar refractivity (Wildman–Crippen MR) is 185 cm³/mol. The Morgan fingerprint density at radius 2 is 1.92 bits per heavy atom. The number of nitrogens with zero attached hydrogens (tertiary/aromatic N) is 1. The lowest BCUT2D eigenvalue weighted by Gasteiger charge is -2.30. The maximum Gasteiger partial charge on any atom is 0.326 e. The van der Waals surface area contributed by atoms with Crippen LogP contribution in [0.25, 0.3) is 17.4 Å². The van der Waals surface area contributed by atoms with E-state index in [9.17, 15) is 24.3 Å². The number of carbonyl (C=O) groups excluding carboxylic acids is 3. The summed E-state index contributed by atoms with van der Waals surface area (Å²) in [7, 11) is 1.46. The van der Waals surface area contributed by atoms with Crippen LogP contribution in [0.3, 0.4) is 0 Å². The van der Waals surface area contributed by atoms with E-state index in [0.717, 1.165) is 18.4 Å². The van der Waals surface area contributed by atoms with E-state index in [2.05, 4.69) is 5.32 Å². The van der Waals surface area contributed by atoms with E-state index in [4.69, 9.17) is 30.8 Å². The number of amides is 2. The van der Waals surface area contributed by atoms with Crippen LogP contribution in [0.15, 0.2) is 70.0 Å². The summed E-state index contributed by atoms with van der Waals surface area (Å²) in [5, 5.41) is 12.0. The second-order valence-electron chi connectivity index (χ2n) is 12.3. The number of benzene rings is 2. The van der Waals surface area contributed by atoms with Gasteiger partial charge in [-0.1, -0.05) is 60.7 Å². The second kappa shape index (κ2) is 15.3. The van der Waals surface area contributed by atoms with Gasteiger partial charge in [0.05, 0.1) is 12.0 Å². The molecule has 2 heterocycles. The number of furan rings is 1. The average molecular weight is 705 g/mol.